The van der Waals surface area contributed by atoms with E-state index >= 15 is 0 Å². The van der Waals surface area contributed by atoms with Gasteiger partial charge in [-0.3, -0.25) is 4.79 Å². The number of ether oxygens (including phenoxy) is 1. The summed E-state index contributed by atoms with van der Waals surface area (Å²) in [6.07, 6.45) is 0.790. The smallest absolute Gasteiger partial charge is 0.251 e. The number of carbonyl (C=O) groups is 1. The van der Waals surface area contributed by atoms with E-state index in [1.54, 1.807) is 0 Å². The first-order chi connectivity index (χ1) is 11.3. The molecule has 0 aliphatic heterocycles. The maximum Gasteiger partial charge on any atom is 0.251 e. The number of hydrogen-bond acceptors (Lipinski definition) is 5. The zero-order chi connectivity index (χ0) is 18.2. The summed E-state index contributed by atoms with van der Waals surface area (Å²) in [5.41, 5.74) is 6.07. The van der Waals surface area contributed by atoms with Crippen molar-refractivity contribution in [2.45, 2.75) is 31.2 Å². The van der Waals surface area contributed by atoms with Crippen molar-refractivity contribution in [1.82, 2.24) is 10.0 Å². The highest BCUT2D eigenvalue weighted by Gasteiger charge is 2.16. The monoisotopic (exact) mass is 393 g/mol. The van der Waals surface area contributed by atoms with Gasteiger partial charge in [-0.05, 0) is 36.6 Å². The lowest BCUT2D eigenvalue weighted by Crippen LogP contribution is -2.41. The molecule has 0 saturated heterocycles. The first kappa shape index (κ1) is 23.8. The van der Waals surface area contributed by atoms with E-state index in [1.807, 2.05) is 0 Å². The van der Waals surface area contributed by atoms with Crippen molar-refractivity contribution >= 4 is 28.3 Å². The minimum absolute atomic E-state index is 0. The molecule has 1 amide bonds. The van der Waals surface area contributed by atoms with E-state index in [2.05, 4.69) is 23.9 Å². The molecule has 0 aliphatic rings. The molecule has 1 unspecified atom stereocenters. The Morgan fingerprint density at radius 1 is 1.24 bits per heavy atom. The SMILES string of the molecule is COCCNS(=O)(=O)c1ccc(C(=O)NC(CN)CC(C)C)cc1.Cl. The zero-order valence-electron chi connectivity index (χ0n) is 14.8. The minimum atomic E-state index is -3.60. The Morgan fingerprint density at radius 2 is 1.84 bits per heavy atom. The predicted octanol–water partition coefficient (Wildman–Crippen LogP) is 1.14. The minimum Gasteiger partial charge on any atom is -0.383 e. The lowest BCUT2D eigenvalue weighted by Gasteiger charge is -2.18. The van der Waals surface area contributed by atoms with Crippen molar-refractivity contribution in [3.05, 3.63) is 29.8 Å². The third-order valence-electron chi connectivity index (χ3n) is 3.40. The number of benzene rings is 1. The number of nitrogens with one attached hydrogen (secondary N) is 2. The lowest BCUT2D eigenvalue weighted by atomic mass is 10.0. The molecule has 25 heavy (non-hydrogen) atoms. The topological polar surface area (TPSA) is 111 Å². The Balaban J connectivity index is 0.00000576. The molecule has 0 heterocycles. The largest absolute Gasteiger partial charge is 0.383 e. The van der Waals surface area contributed by atoms with Gasteiger partial charge in [-0.2, -0.15) is 0 Å². The molecule has 0 saturated carbocycles. The van der Waals surface area contributed by atoms with Gasteiger partial charge in [0.2, 0.25) is 10.0 Å². The number of sulfonamides is 1. The first-order valence-corrected chi connectivity index (χ1v) is 9.38. The van der Waals surface area contributed by atoms with Crippen LogP contribution in [0.15, 0.2) is 29.2 Å². The lowest BCUT2D eigenvalue weighted by molar-refractivity contribution is 0.0933. The van der Waals surface area contributed by atoms with Crippen molar-refractivity contribution < 1.29 is 17.9 Å². The van der Waals surface area contributed by atoms with Crippen LogP contribution in [-0.4, -0.2) is 47.2 Å². The second kappa shape index (κ2) is 11.4. The molecule has 1 atom stereocenters. The molecule has 0 radical (unpaired) electrons. The molecule has 0 bridgehead atoms. The number of nitrogens with two attached hydrogens (primary N) is 1. The van der Waals surface area contributed by atoms with E-state index < -0.39 is 10.0 Å². The van der Waals surface area contributed by atoms with Gasteiger partial charge >= 0.3 is 0 Å². The van der Waals surface area contributed by atoms with Crippen LogP contribution in [0.5, 0.6) is 0 Å². The van der Waals surface area contributed by atoms with Crippen molar-refractivity contribution in [2.75, 3.05) is 26.8 Å². The maximum atomic E-state index is 12.2. The number of carbonyl (C=O) groups excluding carboxylic acids is 1. The van der Waals surface area contributed by atoms with Gasteiger partial charge < -0.3 is 15.8 Å². The van der Waals surface area contributed by atoms with E-state index in [-0.39, 0.29) is 42.4 Å². The Labute approximate surface area is 156 Å². The third kappa shape index (κ3) is 8.15. The van der Waals surface area contributed by atoms with Crippen LogP contribution < -0.4 is 15.8 Å². The normalized spacial score (nSPS) is 12.5. The molecule has 1 aromatic rings. The van der Waals surface area contributed by atoms with E-state index in [0.29, 0.717) is 18.0 Å². The van der Waals surface area contributed by atoms with Gasteiger partial charge in [0.1, 0.15) is 0 Å². The molecule has 1 rings (SSSR count). The average Bonchev–Trinajstić information content (AvgIpc) is 2.54. The fourth-order valence-corrected chi connectivity index (χ4v) is 3.21. The van der Waals surface area contributed by atoms with Gasteiger partial charge in [0.25, 0.3) is 5.91 Å². The van der Waals surface area contributed by atoms with Gasteiger partial charge in [-0.25, -0.2) is 13.1 Å². The number of methoxy groups -OCH3 is 1. The van der Waals surface area contributed by atoms with Crippen LogP contribution in [-0.2, 0) is 14.8 Å². The second-order valence-electron chi connectivity index (χ2n) is 5.95. The fourth-order valence-electron chi connectivity index (χ4n) is 2.20. The molecule has 0 aliphatic carbocycles. The van der Waals surface area contributed by atoms with Crippen LogP contribution in [0.1, 0.15) is 30.6 Å². The third-order valence-corrected chi connectivity index (χ3v) is 4.88. The summed E-state index contributed by atoms with van der Waals surface area (Å²) in [7, 11) is -2.10. The van der Waals surface area contributed by atoms with Gasteiger partial charge in [0.05, 0.1) is 11.5 Å². The summed E-state index contributed by atoms with van der Waals surface area (Å²) in [5, 5.41) is 2.87. The molecule has 9 heteroatoms. The molecule has 1 aromatic carbocycles. The highest BCUT2D eigenvalue weighted by atomic mass is 35.5. The van der Waals surface area contributed by atoms with Crippen LogP contribution in [0.25, 0.3) is 0 Å². The van der Waals surface area contributed by atoms with E-state index in [9.17, 15) is 13.2 Å². The maximum absolute atomic E-state index is 12.2. The van der Waals surface area contributed by atoms with Crippen LogP contribution in [0, 0.1) is 5.92 Å². The first-order valence-electron chi connectivity index (χ1n) is 7.89. The van der Waals surface area contributed by atoms with Crippen molar-refractivity contribution in [1.29, 1.82) is 0 Å². The number of rotatable bonds is 10. The van der Waals surface area contributed by atoms with Gasteiger partial charge in [0, 0.05) is 31.8 Å². The van der Waals surface area contributed by atoms with Crippen LogP contribution in [0.3, 0.4) is 0 Å². The average molecular weight is 394 g/mol. The predicted molar refractivity (Wildman–Crippen MR) is 101 cm³/mol. The molecule has 0 fully saturated rings. The number of hydrogen-bond donors (Lipinski definition) is 3. The van der Waals surface area contributed by atoms with Crippen molar-refractivity contribution in [3.8, 4) is 0 Å². The van der Waals surface area contributed by atoms with Crippen molar-refractivity contribution in [2.24, 2.45) is 11.7 Å². The van der Waals surface area contributed by atoms with E-state index in [0.717, 1.165) is 6.42 Å². The Hall–Kier alpha value is -1.19. The zero-order valence-corrected chi connectivity index (χ0v) is 16.5. The molecule has 4 N–H and O–H groups in total. The van der Waals surface area contributed by atoms with Gasteiger partial charge in [0.15, 0.2) is 0 Å². The molecule has 144 valence electrons. The summed E-state index contributed by atoms with van der Waals surface area (Å²) < 4.78 is 31.3. The van der Waals surface area contributed by atoms with Gasteiger partial charge in [-0.15, -0.1) is 12.4 Å². The Kier molecular flexibility index (Phi) is 10.9. The summed E-state index contributed by atoms with van der Waals surface area (Å²) in [6.45, 7) is 4.96. The van der Waals surface area contributed by atoms with Gasteiger partial charge in [-0.1, -0.05) is 13.8 Å². The quantitative estimate of drug-likeness (QED) is 0.516. The molecule has 0 spiro atoms. The van der Waals surface area contributed by atoms with E-state index in [4.69, 9.17) is 10.5 Å². The van der Waals surface area contributed by atoms with Crippen LogP contribution in [0.4, 0.5) is 0 Å². The van der Waals surface area contributed by atoms with Crippen molar-refractivity contribution in [3.63, 3.8) is 0 Å². The number of amides is 1. The fraction of sp³-hybridized carbons (Fsp3) is 0.562. The summed E-state index contributed by atoms with van der Waals surface area (Å²) in [4.78, 5) is 12.3. The molecule has 0 aromatic heterocycles. The van der Waals surface area contributed by atoms with Crippen LogP contribution in [0.2, 0.25) is 0 Å². The standard InChI is InChI=1S/C16H27N3O4S.ClH/c1-12(2)10-14(11-17)19-16(20)13-4-6-15(7-5-13)24(21,22)18-8-9-23-3;/h4-7,12,14,18H,8-11,17H2,1-3H3,(H,19,20);1H. The van der Waals surface area contributed by atoms with E-state index in [1.165, 1.54) is 31.4 Å². The second-order valence-corrected chi connectivity index (χ2v) is 7.72. The summed E-state index contributed by atoms with van der Waals surface area (Å²) in [5.74, 6) is 0.159. The summed E-state index contributed by atoms with van der Waals surface area (Å²) in [6, 6.07) is 5.69. The molecular weight excluding hydrogens is 366 g/mol. The highest BCUT2D eigenvalue weighted by molar-refractivity contribution is 7.89. The Morgan fingerprint density at radius 3 is 2.32 bits per heavy atom. The highest BCUT2D eigenvalue weighted by Crippen LogP contribution is 2.11. The molecular formula is C16H28ClN3O4S. The number of halogens is 1. The summed E-state index contributed by atoms with van der Waals surface area (Å²) >= 11 is 0. The van der Waals surface area contributed by atoms with Crippen LogP contribution >= 0.6 is 12.4 Å². The molecule has 7 nitrogen and oxygen atoms in total. The Bertz CT molecular complexity index is 621.